The fourth-order valence-corrected chi connectivity index (χ4v) is 5.30. The van der Waals surface area contributed by atoms with E-state index >= 15 is 0 Å². The van der Waals surface area contributed by atoms with Crippen molar-refractivity contribution in [2.75, 3.05) is 38.5 Å². The summed E-state index contributed by atoms with van der Waals surface area (Å²) in [5.41, 5.74) is 0.466. The third kappa shape index (κ3) is 5.03. The van der Waals surface area contributed by atoms with Crippen LogP contribution in [0, 0.1) is 5.82 Å². The molecule has 0 N–H and O–H groups in total. The van der Waals surface area contributed by atoms with Crippen molar-refractivity contribution in [3.05, 3.63) is 41.5 Å². The second-order valence-corrected chi connectivity index (χ2v) is 9.28. The minimum atomic E-state index is -0.311. The summed E-state index contributed by atoms with van der Waals surface area (Å²) in [6, 6.07) is 6.51. The van der Waals surface area contributed by atoms with Gasteiger partial charge in [0.25, 0.3) is 0 Å². The van der Waals surface area contributed by atoms with E-state index < -0.39 is 0 Å². The van der Waals surface area contributed by atoms with E-state index in [0.29, 0.717) is 24.6 Å². The minimum absolute atomic E-state index is 0.00493. The van der Waals surface area contributed by atoms with E-state index in [2.05, 4.69) is 19.7 Å². The molecule has 2 aliphatic rings. The van der Waals surface area contributed by atoms with Gasteiger partial charge in [0.15, 0.2) is 5.16 Å². The van der Waals surface area contributed by atoms with Crippen LogP contribution in [0.1, 0.15) is 43.0 Å². The van der Waals surface area contributed by atoms with Gasteiger partial charge in [-0.3, -0.25) is 4.79 Å². The highest BCUT2D eigenvalue weighted by Crippen LogP contribution is 2.29. The number of carbonyl (C=O) groups is 1. The van der Waals surface area contributed by atoms with Crippen LogP contribution in [0.15, 0.2) is 29.4 Å². The molecule has 0 unspecified atom stereocenters. The number of aromatic nitrogens is 3. The van der Waals surface area contributed by atoms with E-state index in [1.165, 1.54) is 32.0 Å². The molecule has 162 valence electrons. The Kier molecular flexibility index (Phi) is 7.04. The third-order valence-corrected chi connectivity index (χ3v) is 7.22. The van der Waals surface area contributed by atoms with E-state index in [1.54, 1.807) is 30.0 Å². The van der Waals surface area contributed by atoms with Gasteiger partial charge >= 0.3 is 0 Å². The largest absolute Gasteiger partial charge is 0.342 e. The first kappa shape index (κ1) is 21.3. The normalized spacial score (nSPS) is 18.3. The Morgan fingerprint density at radius 3 is 2.60 bits per heavy atom. The van der Waals surface area contributed by atoms with Gasteiger partial charge in [0.05, 0.1) is 6.42 Å². The number of benzene rings is 1. The smallest absolute Gasteiger partial charge is 0.227 e. The SMILES string of the molecule is Cn1c(SCCN2CCCC2)nnc1C1CCN(C(=O)Cc2ccccc2F)CC1. The Hall–Kier alpha value is -1.93. The van der Waals surface area contributed by atoms with Crippen LogP contribution in [0.3, 0.4) is 0 Å². The Labute approximate surface area is 181 Å². The van der Waals surface area contributed by atoms with Crippen LogP contribution in [0.25, 0.3) is 0 Å². The fraction of sp³-hybridized carbons (Fsp3) is 0.591. The Morgan fingerprint density at radius 1 is 1.13 bits per heavy atom. The van der Waals surface area contributed by atoms with Gasteiger partial charge in [-0.25, -0.2) is 4.39 Å². The van der Waals surface area contributed by atoms with Crippen LogP contribution in [0.2, 0.25) is 0 Å². The molecule has 30 heavy (non-hydrogen) atoms. The summed E-state index contributed by atoms with van der Waals surface area (Å²) < 4.78 is 16.0. The summed E-state index contributed by atoms with van der Waals surface area (Å²) in [5.74, 6) is 2.05. The van der Waals surface area contributed by atoms with Gasteiger partial charge in [0.1, 0.15) is 11.6 Å². The number of thioether (sulfide) groups is 1. The standard InChI is InChI=1S/C22H30FN5OS/c1-26-21(24-25-22(26)30-15-14-27-10-4-5-11-27)17-8-12-28(13-9-17)20(29)16-18-6-2-3-7-19(18)23/h2-3,6-7,17H,4-5,8-16H2,1H3. The summed E-state index contributed by atoms with van der Waals surface area (Å²) in [5, 5.41) is 9.85. The quantitative estimate of drug-likeness (QED) is 0.631. The number of carbonyl (C=O) groups excluding carboxylic acids is 1. The van der Waals surface area contributed by atoms with Crippen molar-refractivity contribution >= 4 is 17.7 Å². The number of rotatable bonds is 7. The molecule has 2 saturated heterocycles. The van der Waals surface area contributed by atoms with Gasteiger partial charge in [0.2, 0.25) is 5.91 Å². The molecule has 2 aliphatic heterocycles. The van der Waals surface area contributed by atoms with Crippen molar-refractivity contribution in [1.29, 1.82) is 0 Å². The molecule has 0 spiro atoms. The zero-order valence-electron chi connectivity index (χ0n) is 17.6. The third-order valence-electron chi connectivity index (χ3n) is 6.22. The number of amides is 1. The van der Waals surface area contributed by atoms with Crippen LogP contribution >= 0.6 is 11.8 Å². The molecule has 3 heterocycles. The Balaban J connectivity index is 1.27. The molecule has 0 radical (unpaired) electrons. The molecule has 2 fully saturated rings. The highest BCUT2D eigenvalue weighted by molar-refractivity contribution is 7.99. The van der Waals surface area contributed by atoms with E-state index in [1.807, 2.05) is 11.9 Å². The molecule has 1 aromatic heterocycles. The molecule has 0 bridgehead atoms. The van der Waals surface area contributed by atoms with Crippen molar-refractivity contribution in [3.63, 3.8) is 0 Å². The lowest BCUT2D eigenvalue weighted by atomic mass is 9.95. The summed E-state index contributed by atoms with van der Waals surface area (Å²) in [6.45, 7) is 4.91. The fourth-order valence-electron chi connectivity index (χ4n) is 4.38. The number of hydrogen-bond acceptors (Lipinski definition) is 5. The maximum atomic E-state index is 13.8. The highest BCUT2D eigenvalue weighted by atomic mass is 32.2. The second kappa shape index (κ2) is 9.92. The Bertz CT molecular complexity index is 859. The van der Waals surface area contributed by atoms with Crippen LogP contribution < -0.4 is 0 Å². The average Bonchev–Trinajstić information content (AvgIpc) is 3.40. The van der Waals surface area contributed by atoms with Gasteiger partial charge in [-0.05, 0) is 50.4 Å². The summed E-state index contributed by atoms with van der Waals surface area (Å²) in [4.78, 5) is 16.9. The number of hydrogen-bond donors (Lipinski definition) is 0. The minimum Gasteiger partial charge on any atom is -0.342 e. The molecular weight excluding hydrogens is 401 g/mol. The van der Waals surface area contributed by atoms with Crippen molar-refractivity contribution in [1.82, 2.24) is 24.6 Å². The molecule has 4 rings (SSSR count). The van der Waals surface area contributed by atoms with E-state index in [9.17, 15) is 9.18 Å². The van der Waals surface area contributed by atoms with Crippen molar-refractivity contribution in [2.45, 2.75) is 43.2 Å². The number of piperidine rings is 1. The van der Waals surface area contributed by atoms with Gasteiger partial charge < -0.3 is 14.4 Å². The van der Waals surface area contributed by atoms with Crippen LogP contribution in [-0.4, -0.2) is 68.9 Å². The van der Waals surface area contributed by atoms with Gasteiger partial charge in [0, 0.05) is 38.4 Å². The predicted molar refractivity (Wildman–Crippen MR) is 116 cm³/mol. The Morgan fingerprint density at radius 2 is 1.87 bits per heavy atom. The second-order valence-electron chi connectivity index (χ2n) is 8.22. The van der Waals surface area contributed by atoms with Crippen LogP contribution in [0.4, 0.5) is 4.39 Å². The molecule has 0 atom stereocenters. The first-order chi connectivity index (χ1) is 14.6. The lowest BCUT2D eigenvalue weighted by Crippen LogP contribution is -2.39. The molecule has 1 amide bonds. The summed E-state index contributed by atoms with van der Waals surface area (Å²) in [6.07, 6.45) is 4.50. The molecule has 0 saturated carbocycles. The van der Waals surface area contributed by atoms with Gasteiger partial charge in [-0.1, -0.05) is 30.0 Å². The van der Waals surface area contributed by atoms with E-state index in [0.717, 1.165) is 36.1 Å². The highest BCUT2D eigenvalue weighted by Gasteiger charge is 2.27. The zero-order valence-corrected chi connectivity index (χ0v) is 18.4. The topological polar surface area (TPSA) is 54.3 Å². The first-order valence-electron chi connectivity index (χ1n) is 10.9. The molecular formula is C22H30FN5OS. The van der Waals surface area contributed by atoms with Crippen LogP contribution in [-0.2, 0) is 18.3 Å². The zero-order chi connectivity index (χ0) is 20.9. The van der Waals surface area contributed by atoms with Crippen molar-refractivity contribution in [3.8, 4) is 0 Å². The van der Waals surface area contributed by atoms with Crippen molar-refractivity contribution in [2.24, 2.45) is 7.05 Å². The first-order valence-corrected chi connectivity index (χ1v) is 11.9. The molecule has 1 aromatic carbocycles. The lowest BCUT2D eigenvalue weighted by Gasteiger charge is -2.31. The van der Waals surface area contributed by atoms with Crippen LogP contribution in [0.5, 0.6) is 0 Å². The number of halogens is 1. The predicted octanol–water partition coefficient (Wildman–Crippen LogP) is 3.09. The lowest BCUT2D eigenvalue weighted by molar-refractivity contribution is -0.131. The van der Waals surface area contributed by atoms with Gasteiger partial charge in [-0.2, -0.15) is 0 Å². The summed E-state index contributed by atoms with van der Waals surface area (Å²) in [7, 11) is 2.04. The van der Waals surface area contributed by atoms with Gasteiger partial charge in [-0.15, -0.1) is 10.2 Å². The maximum Gasteiger partial charge on any atom is 0.227 e. The average molecular weight is 432 g/mol. The molecule has 0 aliphatic carbocycles. The maximum absolute atomic E-state index is 13.8. The van der Waals surface area contributed by atoms with E-state index in [-0.39, 0.29) is 18.1 Å². The number of nitrogens with zero attached hydrogens (tertiary/aromatic N) is 5. The number of likely N-dealkylation sites (tertiary alicyclic amines) is 2. The van der Waals surface area contributed by atoms with E-state index in [4.69, 9.17) is 0 Å². The molecule has 8 heteroatoms. The monoisotopic (exact) mass is 431 g/mol. The molecule has 2 aromatic rings. The summed E-state index contributed by atoms with van der Waals surface area (Å²) >= 11 is 1.77. The molecule has 6 nitrogen and oxygen atoms in total. The van der Waals surface area contributed by atoms with Crippen molar-refractivity contribution < 1.29 is 9.18 Å².